The molecule has 2 aromatic heterocycles. The molecule has 19 heavy (non-hydrogen) atoms. The lowest BCUT2D eigenvalue weighted by atomic mass is 9.96. The third-order valence-corrected chi connectivity index (χ3v) is 4.52. The van der Waals surface area contributed by atoms with Crippen LogP contribution in [0, 0.1) is 11.3 Å². The van der Waals surface area contributed by atoms with Crippen molar-refractivity contribution in [3.63, 3.8) is 0 Å². The predicted octanol–water partition coefficient (Wildman–Crippen LogP) is 3.53. The predicted molar refractivity (Wildman–Crippen MR) is 77.9 cm³/mol. The van der Waals surface area contributed by atoms with Crippen LogP contribution in [-0.4, -0.2) is 4.98 Å². The van der Waals surface area contributed by atoms with Gasteiger partial charge >= 0.3 is 0 Å². The van der Waals surface area contributed by atoms with E-state index in [2.05, 4.69) is 17.1 Å². The van der Waals surface area contributed by atoms with E-state index in [1.165, 1.54) is 18.4 Å². The first kappa shape index (κ1) is 12.2. The highest BCUT2D eigenvalue weighted by molar-refractivity contribution is 7.13. The molecule has 96 valence electrons. The smallest absolute Gasteiger partial charge is 0.142 e. The number of thiophene rings is 1. The quantitative estimate of drug-likeness (QED) is 0.805. The molecule has 0 aromatic carbocycles. The summed E-state index contributed by atoms with van der Waals surface area (Å²) in [7, 11) is 0. The van der Waals surface area contributed by atoms with E-state index in [1.807, 2.05) is 11.4 Å². The standard InChI is InChI=1S/C15H15N3S/c16-9-11-14(13-7-4-8-19-13)10-5-2-1-3-6-12(10)18-15(11)17/h4,7-8H,1-3,5-6H2,(H2,17,18). The Labute approximate surface area is 116 Å². The highest BCUT2D eigenvalue weighted by atomic mass is 32.1. The molecule has 0 saturated heterocycles. The van der Waals surface area contributed by atoms with Gasteiger partial charge < -0.3 is 5.73 Å². The highest BCUT2D eigenvalue weighted by Crippen LogP contribution is 2.37. The van der Waals surface area contributed by atoms with E-state index >= 15 is 0 Å². The highest BCUT2D eigenvalue weighted by Gasteiger charge is 2.21. The second-order valence-corrected chi connectivity index (χ2v) is 5.77. The van der Waals surface area contributed by atoms with Gasteiger partial charge in [0.25, 0.3) is 0 Å². The molecule has 0 aliphatic heterocycles. The Hall–Kier alpha value is -1.86. The van der Waals surface area contributed by atoms with E-state index in [0.29, 0.717) is 11.4 Å². The van der Waals surface area contributed by atoms with Crippen molar-refractivity contribution >= 4 is 17.2 Å². The van der Waals surface area contributed by atoms with Crippen LogP contribution in [0.5, 0.6) is 0 Å². The van der Waals surface area contributed by atoms with Gasteiger partial charge in [0, 0.05) is 16.1 Å². The number of hydrogen-bond acceptors (Lipinski definition) is 4. The Morgan fingerprint density at radius 3 is 2.84 bits per heavy atom. The number of fused-ring (bicyclic) bond motifs is 1. The number of anilines is 1. The molecule has 3 nitrogen and oxygen atoms in total. The Bertz CT molecular complexity index is 638. The van der Waals surface area contributed by atoms with Crippen LogP contribution in [0.2, 0.25) is 0 Å². The number of pyridine rings is 1. The maximum atomic E-state index is 9.40. The van der Waals surface area contributed by atoms with E-state index in [-0.39, 0.29) is 0 Å². The van der Waals surface area contributed by atoms with Gasteiger partial charge in [-0.3, -0.25) is 0 Å². The van der Waals surface area contributed by atoms with Gasteiger partial charge in [-0.05, 0) is 42.7 Å². The lowest BCUT2D eigenvalue weighted by Gasteiger charge is -2.14. The second-order valence-electron chi connectivity index (χ2n) is 4.82. The molecule has 2 aromatic rings. The van der Waals surface area contributed by atoms with E-state index in [0.717, 1.165) is 35.4 Å². The van der Waals surface area contributed by atoms with Gasteiger partial charge in [-0.15, -0.1) is 11.3 Å². The summed E-state index contributed by atoms with van der Waals surface area (Å²) in [5.41, 5.74) is 9.89. The van der Waals surface area contributed by atoms with E-state index in [1.54, 1.807) is 11.3 Å². The summed E-state index contributed by atoms with van der Waals surface area (Å²) in [6.45, 7) is 0. The third kappa shape index (κ3) is 2.11. The van der Waals surface area contributed by atoms with E-state index in [4.69, 9.17) is 5.73 Å². The average molecular weight is 269 g/mol. The van der Waals surface area contributed by atoms with Gasteiger partial charge in [0.2, 0.25) is 0 Å². The number of aromatic nitrogens is 1. The van der Waals surface area contributed by atoms with Crippen molar-refractivity contribution in [2.75, 3.05) is 5.73 Å². The number of nitrogens with zero attached hydrogens (tertiary/aromatic N) is 2. The summed E-state index contributed by atoms with van der Waals surface area (Å²) in [5, 5.41) is 11.4. The lowest BCUT2D eigenvalue weighted by Crippen LogP contribution is -2.06. The largest absolute Gasteiger partial charge is 0.383 e. The van der Waals surface area contributed by atoms with Crippen molar-refractivity contribution in [1.82, 2.24) is 4.98 Å². The fraction of sp³-hybridized carbons (Fsp3) is 0.333. The molecule has 0 saturated carbocycles. The number of aryl methyl sites for hydroxylation is 1. The minimum atomic E-state index is 0.381. The molecule has 0 unspecified atom stereocenters. The van der Waals surface area contributed by atoms with Crippen molar-refractivity contribution in [2.45, 2.75) is 32.1 Å². The summed E-state index contributed by atoms with van der Waals surface area (Å²) in [6, 6.07) is 6.32. The topological polar surface area (TPSA) is 62.7 Å². The van der Waals surface area contributed by atoms with Gasteiger partial charge in [-0.1, -0.05) is 12.5 Å². The minimum absolute atomic E-state index is 0.381. The number of nitriles is 1. The van der Waals surface area contributed by atoms with Crippen molar-refractivity contribution in [3.05, 3.63) is 34.3 Å². The fourth-order valence-corrected chi connectivity index (χ4v) is 3.55. The third-order valence-electron chi connectivity index (χ3n) is 3.63. The molecule has 3 rings (SSSR count). The number of nitrogen functional groups attached to an aromatic ring is 1. The van der Waals surface area contributed by atoms with Crippen molar-refractivity contribution in [1.29, 1.82) is 5.26 Å². The zero-order valence-electron chi connectivity index (χ0n) is 10.6. The minimum Gasteiger partial charge on any atom is -0.383 e. The van der Waals surface area contributed by atoms with Crippen LogP contribution in [0.3, 0.4) is 0 Å². The van der Waals surface area contributed by atoms with Gasteiger partial charge in [0.05, 0.1) is 0 Å². The summed E-state index contributed by atoms with van der Waals surface area (Å²) >= 11 is 1.66. The number of rotatable bonds is 1. The van der Waals surface area contributed by atoms with Crippen LogP contribution in [0.15, 0.2) is 17.5 Å². The van der Waals surface area contributed by atoms with Crippen LogP contribution >= 0.6 is 11.3 Å². The molecule has 0 fully saturated rings. The Morgan fingerprint density at radius 1 is 1.26 bits per heavy atom. The summed E-state index contributed by atoms with van der Waals surface area (Å²) in [5.74, 6) is 0.381. The lowest BCUT2D eigenvalue weighted by molar-refractivity contribution is 0.709. The van der Waals surface area contributed by atoms with Gasteiger partial charge in [0.15, 0.2) is 0 Å². The molecule has 0 radical (unpaired) electrons. The first-order valence-electron chi connectivity index (χ1n) is 6.56. The van der Waals surface area contributed by atoms with Gasteiger partial charge in [0.1, 0.15) is 17.5 Å². The van der Waals surface area contributed by atoms with E-state index in [9.17, 15) is 5.26 Å². The van der Waals surface area contributed by atoms with Crippen LogP contribution in [-0.2, 0) is 12.8 Å². The van der Waals surface area contributed by atoms with Gasteiger partial charge in [-0.25, -0.2) is 4.98 Å². The summed E-state index contributed by atoms with van der Waals surface area (Å²) in [6.07, 6.45) is 5.53. The van der Waals surface area contributed by atoms with Crippen molar-refractivity contribution in [3.8, 4) is 16.5 Å². The molecular formula is C15H15N3S. The molecule has 2 heterocycles. The molecule has 2 N–H and O–H groups in total. The summed E-state index contributed by atoms with van der Waals surface area (Å²) < 4.78 is 0. The zero-order chi connectivity index (χ0) is 13.2. The zero-order valence-corrected chi connectivity index (χ0v) is 11.5. The first-order chi connectivity index (χ1) is 9.31. The molecule has 0 spiro atoms. The van der Waals surface area contributed by atoms with Gasteiger partial charge in [-0.2, -0.15) is 5.26 Å². The Morgan fingerprint density at radius 2 is 2.11 bits per heavy atom. The molecular weight excluding hydrogens is 254 g/mol. The van der Waals surface area contributed by atoms with Crippen LogP contribution in [0.1, 0.15) is 36.1 Å². The SMILES string of the molecule is N#Cc1c(N)nc2c(c1-c1cccs1)CCCCC2. The van der Waals surface area contributed by atoms with E-state index < -0.39 is 0 Å². The molecule has 0 amide bonds. The molecule has 4 heteroatoms. The van der Waals surface area contributed by atoms with Crippen molar-refractivity contribution in [2.24, 2.45) is 0 Å². The molecule has 1 aliphatic carbocycles. The van der Waals surface area contributed by atoms with Crippen LogP contribution in [0.25, 0.3) is 10.4 Å². The maximum Gasteiger partial charge on any atom is 0.142 e. The average Bonchev–Trinajstić information content (AvgIpc) is 2.83. The fourth-order valence-electron chi connectivity index (χ4n) is 2.75. The number of hydrogen-bond donors (Lipinski definition) is 1. The van der Waals surface area contributed by atoms with Crippen molar-refractivity contribution < 1.29 is 0 Å². The van der Waals surface area contributed by atoms with Crippen LogP contribution in [0.4, 0.5) is 5.82 Å². The molecule has 1 aliphatic rings. The molecule has 0 bridgehead atoms. The normalized spacial score (nSPS) is 14.5. The Kier molecular flexibility index (Phi) is 3.22. The second kappa shape index (κ2) is 5.02. The maximum absolute atomic E-state index is 9.40. The summed E-state index contributed by atoms with van der Waals surface area (Å²) in [4.78, 5) is 5.60. The Balaban J connectivity index is 2.30. The monoisotopic (exact) mass is 269 g/mol. The van der Waals surface area contributed by atoms with Crippen LogP contribution < -0.4 is 5.73 Å². The molecule has 0 atom stereocenters. The number of nitrogens with two attached hydrogens (primary N) is 1. The first-order valence-corrected chi connectivity index (χ1v) is 7.44.